The van der Waals surface area contributed by atoms with Crippen molar-refractivity contribution < 1.29 is 14.3 Å². The number of hydrogen-bond donors (Lipinski definition) is 2. The summed E-state index contributed by atoms with van der Waals surface area (Å²) in [6, 6.07) is 4.77. The zero-order valence-corrected chi connectivity index (χ0v) is 9.61. The van der Waals surface area contributed by atoms with Crippen molar-refractivity contribution in [2.24, 2.45) is 0 Å². The van der Waals surface area contributed by atoms with Gasteiger partial charge in [-0.25, -0.2) is 9.69 Å². The van der Waals surface area contributed by atoms with Crippen molar-refractivity contribution in [3.8, 4) is 5.75 Å². The smallest absolute Gasteiger partial charge is 0.328 e. The summed E-state index contributed by atoms with van der Waals surface area (Å²) >= 11 is 0. The second kappa shape index (κ2) is 4.32. The van der Waals surface area contributed by atoms with E-state index in [0.29, 0.717) is 11.4 Å². The van der Waals surface area contributed by atoms with E-state index in [1.165, 1.54) is 7.05 Å². The minimum Gasteiger partial charge on any atom is -0.482 e. The van der Waals surface area contributed by atoms with Gasteiger partial charge in [0.1, 0.15) is 5.75 Å². The molecule has 1 aliphatic rings. The second-order valence-electron chi connectivity index (χ2n) is 3.51. The summed E-state index contributed by atoms with van der Waals surface area (Å²) < 4.78 is 5.26. The number of carbonyl (C=O) groups is 2. The molecule has 17 heavy (non-hydrogen) atoms. The molecule has 0 atom stereocenters. The van der Waals surface area contributed by atoms with E-state index in [-0.39, 0.29) is 12.5 Å². The fourth-order valence-electron chi connectivity index (χ4n) is 1.64. The Kier molecular flexibility index (Phi) is 2.86. The van der Waals surface area contributed by atoms with Gasteiger partial charge in [0, 0.05) is 19.8 Å². The summed E-state index contributed by atoms with van der Waals surface area (Å²) in [5.74, 6) is 0.136. The van der Waals surface area contributed by atoms with Crippen molar-refractivity contribution >= 4 is 23.3 Å². The van der Waals surface area contributed by atoms with Crippen LogP contribution < -0.4 is 20.3 Å². The van der Waals surface area contributed by atoms with Gasteiger partial charge >= 0.3 is 6.03 Å². The second-order valence-corrected chi connectivity index (χ2v) is 3.51. The summed E-state index contributed by atoms with van der Waals surface area (Å²) in [6.45, 7) is -0.126. The number of carbonyl (C=O) groups excluding carboxylic acids is 2. The molecule has 0 fully saturated rings. The van der Waals surface area contributed by atoms with Crippen LogP contribution in [-0.4, -0.2) is 32.6 Å². The van der Waals surface area contributed by atoms with Crippen LogP contribution >= 0.6 is 0 Å². The number of nitrogens with one attached hydrogen (secondary N) is 2. The Morgan fingerprint density at radius 3 is 2.82 bits per heavy atom. The molecular weight excluding hydrogens is 222 g/mol. The number of ether oxygens (including phenoxy) is 1. The molecule has 3 amide bonds. The zero-order chi connectivity index (χ0) is 12.4. The molecule has 1 aromatic carbocycles. The van der Waals surface area contributed by atoms with Crippen molar-refractivity contribution in [1.82, 2.24) is 5.32 Å². The lowest BCUT2D eigenvalue weighted by atomic mass is 10.2. The predicted octanol–water partition coefficient (Wildman–Crippen LogP) is 0.793. The van der Waals surface area contributed by atoms with Gasteiger partial charge in [0.25, 0.3) is 5.91 Å². The molecule has 0 spiro atoms. The van der Waals surface area contributed by atoms with Crippen molar-refractivity contribution in [2.75, 3.05) is 30.9 Å². The summed E-state index contributed by atoms with van der Waals surface area (Å²) in [5, 5.41) is 5.38. The molecule has 1 heterocycles. The van der Waals surface area contributed by atoms with Crippen LogP contribution in [0, 0.1) is 0 Å². The minimum absolute atomic E-state index is 0.126. The van der Waals surface area contributed by atoms with Crippen LogP contribution in [0.25, 0.3) is 0 Å². The summed E-state index contributed by atoms with van der Waals surface area (Å²) in [4.78, 5) is 24.4. The first-order valence-electron chi connectivity index (χ1n) is 5.16. The average molecular weight is 235 g/mol. The number of urea groups is 1. The van der Waals surface area contributed by atoms with E-state index in [1.807, 2.05) is 6.07 Å². The molecule has 2 rings (SSSR count). The Balaban J connectivity index is 2.48. The van der Waals surface area contributed by atoms with Crippen LogP contribution in [0.2, 0.25) is 0 Å². The van der Waals surface area contributed by atoms with Gasteiger partial charge in [-0.15, -0.1) is 0 Å². The first-order chi connectivity index (χ1) is 8.17. The third-order valence-corrected chi connectivity index (χ3v) is 2.51. The third kappa shape index (κ3) is 1.89. The lowest BCUT2D eigenvalue weighted by Gasteiger charge is -2.27. The number of nitrogens with zero attached hydrogens (tertiary/aromatic N) is 1. The maximum atomic E-state index is 11.7. The number of hydrogen-bond acceptors (Lipinski definition) is 4. The lowest BCUT2D eigenvalue weighted by molar-refractivity contribution is -0.120. The molecule has 6 heteroatoms. The van der Waals surface area contributed by atoms with Crippen molar-refractivity contribution in [3.63, 3.8) is 0 Å². The van der Waals surface area contributed by atoms with Gasteiger partial charge in [0.2, 0.25) is 0 Å². The van der Waals surface area contributed by atoms with E-state index in [0.717, 1.165) is 10.6 Å². The lowest BCUT2D eigenvalue weighted by Crippen LogP contribution is -2.47. The monoisotopic (exact) mass is 235 g/mol. The van der Waals surface area contributed by atoms with Crippen LogP contribution in [0.1, 0.15) is 0 Å². The van der Waals surface area contributed by atoms with Gasteiger partial charge in [-0.1, -0.05) is 0 Å². The van der Waals surface area contributed by atoms with E-state index in [9.17, 15) is 9.59 Å². The highest BCUT2D eigenvalue weighted by atomic mass is 16.5. The zero-order valence-electron chi connectivity index (χ0n) is 9.61. The first kappa shape index (κ1) is 11.3. The van der Waals surface area contributed by atoms with Crippen molar-refractivity contribution in [1.29, 1.82) is 0 Å². The standard InChI is InChI=1S/C11H13N3O3/c1-12-7-3-4-9-8(5-7)14(11(16)13-2)10(15)6-17-9/h3-5,12H,6H2,1-2H3,(H,13,16). The molecule has 1 aliphatic heterocycles. The average Bonchev–Trinajstić information content (AvgIpc) is 2.37. The van der Waals surface area contributed by atoms with E-state index >= 15 is 0 Å². The molecule has 2 N–H and O–H groups in total. The van der Waals surface area contributed by atoms with Gasteiger partial charge in [-0.2, -0.15) is 0 Å². The SMILES string of the molecule is CNC(=O)N1C(=O)COc2ccc(NC)cc21. The molecule has 1 aromatic rings. The number of rotatable bonds is 1. The highest BCUT2D eigenvalue weighted by Crippen LogP contribution is 2.34. The Bertz CT molecular complexity index is 473. The highest BCUT2D eigenvalue weighted by Gasteiger charge is 2.30. The number of amides is 3. The predicted molar refractivity (Wildman–Crippen MR) is 63.4 cm³/mol. The van der Waals surface area contributed by atoms with Gasteiger partial charge < -0.3 is 15.4 Å². The normalized spacial score (nSPS) is 13.8. The summed E-state index contributed by atoms with van der Waals surface area (Å²) in [5.41, 5.74) is 1.25. The van der Waals surface area contributed by atoms with Gasteiger partial charge in [-0.05, 0) is 18.2 Å². The van der Waals surface area contributed by atoms with Gasteiger partial charge in [-0.3, -0.25) is 4.79 Å². The first-order valence-corrected chi connectivity index (χ1v) is 5.16. The Morgan fingerprint density at radius 2 is 2.18 bits per heavy atom. The molecule has 0 aliphatic carbocycles. The Morgan fingerprint density at radius 1 is 1.41 bits per heavy atom. The largest absolute Gasteiger partial charge is 0.482 e. The fraction of sp³-hybridized carbons (Fsp3) is 0.273. The van der Waals surface area contributed by atoms with Crippen LogP contribution in [0.3, 0.4) is 0 Å². The number of fused-ring (bicyclic) bond motifs is 1. The summed E-state index contributed by atoms with van der Waals surface area (Å²) in [7, 11) is 3.24. The number of imide groups is 1. The Hall–Kier alpha value is -2.24. The number of benzene rings is 1. The molecule has 0 saturated heterocycles. The van der Waals surface area contributed by atoms with Crippen LogP contribution in [0.5, 0.6) is 5.75 Å². The van der Waals surface area contributed by atoms with Crippen molar-refractivity contribution in [3.05, 3.63) is 18.2 Å². The third-order valence-electron chi connectivity index (χ3n) is 2.51. The highest BCUT2D eigenvalue weighted by molar-refractivity contribution is 6.16. The molecule has 90 valence electrons. The maximum Gasteiger partial charge on any atom is 0.328 e. The van der Waals surface area contributed by atoms with Gasteiger partial charge in [0.05, 0.1) is 5.69 Å². The van der Waals surface area contributed by atoms with E-state index in [2.05, 4.69) is 10.6 Å². The molecule has 0 radical (unpaired) electrons. The molecule has 0 saturated carbocycles. The van der Waals surface area contributed by atoms with Crippen LogP contribution in [0.4, 0.5) is 16.2 Å². The summed E-state index contributed by atoms with van der Waals surface area (Å²) in [6.07, 6.45) is 0. The minimum atomic E-state index is -0.465. The Labute approximate surface area is 98.5 Å². The maximum absolute atomic E-state index is 11.7. The number of anilines is 2. The van der Waals surface area contributed by atoms with E-state index in [4.69, 9.17) is 4.74 Å². The quantitative estimate of drug-likeness (QED) is 0.755. The van der Waals surface area contributed by atoms with Gasteiger partial charge in [0.15, 0.2) is 6.61 Å². The molecule has 0 aromatic heterocycles. The van der Waals surface area contributed by atoms with E-state index < -0.39 is 6.03 Å². The van der Waals surface area contributed by atoms with Crippen LogP contribution in [0.15, 0.2) is 18.2 Å². The van der Waals surface area contributed by atoms with Crippen LogP contribution in [-0.2, 0) is 4.79 Å². The van der Waals surface area contributed by atoms with Crippen molar-refractivity contribution in [2.45, 2.75) is 0 Å². The molecule has 6 nitrogen and oxygen atoms in total. The molecule has 0 bridgehead atoms. The molecular formula is C11H13N3O3. The van der Waals surface area contributed by atoms with E-state index in [1.54, 1.807) is 19.2 Å². The topological polar surface area (TPSA) is 70.7 Å². The molecule has 0 unspecified atom stereocenters. The fourth-order valence-corrected chi connectivity index (χ4v) is 1.64.